The highest BCUT2D eigenvalue weighted by Gasteiger charge is 2.39. The van der Waals surface area contributed by atoms with Crippen molar-refractivity contribution in [3.05, 3.63) is 22.7 Å². The molecule has 0 aromatic heterocycles. The first-order valence-corrected chi connectivity index (χ1v) is 6.32. The summed E-state index contributed by atoms with van der Waals surface area (Å²) in [7, 11) is 0. The van der Waals surface area contributed by atoms with Crippen LogP contribution in [0, 0.1) is 5.92 Å². The summed E-state index contributed by atoms with van der Waals surface area (Å²) in [5, 5.41) is 0. The van der Waals surface area contributed by atoms with E-state index in [-0.39, 0.29) is 18.8 Å². The predicted octanol–water partition coefficient (Wildman–Crippen LogP) is 3.85. The van der Waals surface area contributed by atoms with Gasteiger partial charge in [-0.3, -0.25) is 0 Å². The number of anilines is 1. The molecular weight excluding hydrogens is 292 g/mol. The van der Waals surface area contributed by atoms with E-state index in [1.807, 2.05) is 0 Å². The minimum Gasteiger partial charge on any atom is -0.492 e. The molecule has 1 fully saturated rings. The van der Waals surface area contributed by atoms with E-state index in [9.17, 15) is 8.78 Å². The lowest BCUT2D eigenvalue weighted by Gasteiger charge is -2.14. The maximum Gasteiger partial charge on any atom is 0.248 e. The van der Waals surface area contributed by atoms with Gasteiger partial charge in [-0.15, -0.1) is 0 Å². The Labute approximate surface area is 107 Å². The minimum atomic E-state index is -2.51. The third-order valence-electron chi connectivity index (χ3n) is 2.97. The largest absolute Gasteiger partial charge is 0.492 e. The minimum absolute atomic E-state index is 0.0286. The molecular formula is C12H14BrF2NO. The molecule has 0 aliphatic heterocycles. The molecule has 0 saturated heterocycles. The van der Waals surface area contributed by atoms with E-state index in [0.717, 1.165) is 0 Å². The van der Waals surface area contributed by atoms with E-state index >= 15 is 0 Å². The van der Waals surface area contributed by atoms with Crippen molar-refractivity contribution in [3.8, 4) is 5.75 Å². The van der Waals surface area contributed by atoms with E-state index in [1.54, 1.807) is 18.2 Å². The second kappa shape index (κ2) is 4.80. The van der Waals surface area contributed by atoms with Crippen LogP contribution in [0.4, 0.5) is 14.5 Å². The molecule has 0 radical (unpaired) electrons. The highest BCUT2D eigenvalue weighted by molar-refractivity contribution is 9.10. The zero-order valence-corrected chi connectivity index (χ0v) is 10.8. The summed E-state index contributed by atoms with van der Waals surface area (Å²) in [6.45, 7) is 0.317. The molecule has 0 heterocycles. The van der Waals surface area contributed by atoms with Gasteiger partial charge in [0.25, 0.3) is 0 Å². The smallest absolute Gasteiger partial charge is 0.248 e. The fourth-order valence-electron chi connectivity index (χ4n) is 2.03. The Morgan fingerprint density at radius 3 is 2.88 bits per heavy atom. The van der Waals surface area contributed by atoms with Crippen LogP contribution in [0.15, 0.2) is 22.7 Å². The molecule has 1 aromatic carbocycles. The molecule has 1 aliphatic rings. The number of nitrogens with two attached hydrogens (primary N) is 1. The second-order valence-electron chi connectivity index (χ2n) is 4.44. The number of alkyl halides is 2. The summed E-state index contributed by atoms with van der Waals surface area (Å²) < 4.78 is 32.2. The van der Waals surface area contributed by atoms with Crippen molar-refractivity contribution in [2.24, 2.45) is 5.92 Å². The maximum absolute atomic E-state index is 13.0. The first-order chi connectivity index (χ1) is 7.98. The molecule has 2 rings (SSSR count). The highest BCUT2D eigenvalue weighted by atomic mass is 79.9. The van der Waals surface area contributed by atoms with Gasteiger partial charge in [0.1, 0.15) is 5.75 Å². The van der Waals surface area contributed by atoms with Crippen molar-refractivity contribution in [2.45, 2.75) is 25.2 Å². The number of ether oxygens (including phenoxy) is 1. The summed E-state index contributed by atoms with van der Waals surface area (Å²) in [5.41, 5.74) is 6.28. The summed E-state index contributed by atoms with van der Waals surface area (Å²) in [6, 6.07) is 5.30. The molecule has 0 amide bonds. The van der Waals surface area contributed by atoms with Crippen LogP contribution >= 0.6 is 15.9 Å². The Hall–Kier alpha value is -0.840. The fourth-order valence-corrected chi connectivity index (χ4v) is 2.41. The van der Waals surface area contributed by atoms with Crippen LogP contribution in [0.1, 0.15) is 19.3 Å². The lowest BCUT2D eigenvalue weighted by atomic mass is 10.1. The number of halogens is 3. The van der Waals surface area contributed by atoms with Crippen LogP contribution in [0.5, 0.6) is 5.75 Å². The van der Waals surface area contributed by atoms with Gasteiger partial charge in [0.15, 0.2) is 0 Å². The molecule has 1 saturated carbocycles. The second-order valence-corrected chi connectivity index (χ2v) is 5.23. The predicted molar refractivity (Wildman–Crippen MR) is 66.3 cm³/mol. The van der Waals surface area contributed by atoms with Crippen molar-refractivity contribution in [1.29, 1.82) is 0 Å². The molecule has 1 aliphatic carbocycles. The molecule has 1 aromatic rings. The van der Waals surface area contributed by atoms with E-state index < -0.39 is 5.92 Å². The Morgan fingerprint density at radius 1 is 1.47 bits per heavy atom. The zero-order valence-electron chi connectivity index (χ0n) is 9.26. The Kier molecular flexibility index (Phi) is 3.56. The van der Waals surface area contributed by atoms with Gasteiger partial charge in [-0.2, -0.15) is 0 Å². The van der Waals surface area contributed by atoms with Crippen molar-refractivity contribution in [1.82, 2.24) is 0 Å². The average Bonchev–Trinajstić information content (AvgIpc) is 2.61. The molecule has 0 spiro atoms. The molecule has 2 nitrogen and oxygen atoms in total. The molecule has 94 valence electrons. The standard InChI is InChI=1S/C12H14BrF2NO/c13-11-9(16)2-1-3-10(11)17-7-8-4-5-12(14,15)6-8/h1-3,8H,4-7,16H2. The normalized spacial score (nSPS) is 22.6. The quantitative estimate of drug-likeness (QED) is 0.861. The molecule has 2 N–H and O–H groups in total. The molecule has 1 unspecified atom stereocenters. The molecule has 5 heteroatoms. The van der Waals surface area contributed by atoms with Gasteiger partial charge in [-0.25, -0.2) is 8.78 Å². The van der Waals surface area contributed by atoms with E-state index in [1.165, 1.54) is 0 Å². The SMILES string of the molecule is Nc1cccc(OCC2CCC(F)(F)C2)c1Br. The van der Waals surface area contributed by atoms with Gasteiger partial charge in [-0.1, -0.05) is 6.07 Å². The van der Waals surface area contributed by atoms with Crippen LogP contribution in [0.3, 0.4) is 0 Å². The summed E-state index contributed by atoms with van der Waals surface area (Å²) >= 11 is 3.31. The number of hydrogen-bond donors (Lipinski definition) is 1. The third kappa shape index (κ3) is 3.09. The van der Waals surface area contributed by atoms with Crippen LogP contribution < -0.4 is 10.5 Å². The van der Waals surface area contributed by atoms with Crippen molar-refractivity contribution in [3.63, 3.8) is 0 Å². The van der Waals surface area contributed by atoms with Gasteiger partial charge >= 0.3 is 0 Å². The van der Waals surface area contributed by atoms with Gasteiger partial charge in [0.05, 0.1) is 11.1 Å². The highest BCUT2D eigenvalue weighted by Crippen LogP contribution is 2.39. The summed E-state index contributed by atoms with van der Waals surface area (Å²) in [5.74, 6) is -1.97. The van der Waals surface area contributed by atoms with Gasteiger partial charge in [-0.05, 0) is 40.4 Å². The first kappa shape index (κ1) is 12.6. The molecule has 1 atom stereocenters. The fraction of sp³-hybridized carbons (Fsp3) is 0.500. The third-order valence-corrected chi connectivity index (χ3v) is 3.82. The van der Waals surface area contributed by atoms with Crippen molar-refractivity contribution < 1.29 is 13.5 Å². The van der Waals surface area contributed by atoms with Gasteiger partial charge < -0.3 is 10.5 Å². The topological polar surface area (TPSA) is 35.2 Å². The maximum atomic E-state index is 13.0. The molecule has 0 bridgehead atoms. The lowest BCUT2D eigenvalue weighted by molar-refractivity contribution is 0.00291. The first-order valence-electron chi connectivity index (χ1n) is 5.52. The zero-order chi connectivity index (χ0) is 12.5. The van der Waals surface area contributed by atoms with Crippen LogP contribution in [0.2, 0.25) is 0 Å². The lowest BCUT2D eigenvalue weighted by Crippen LogP contribution is -2.14. The Balaban J connectivity index is 1.93. The number of rotatable bonds is 3. The van der Waals surface area contributed by atoms with E-state index in [4.69, 9.17) is 10.5 Å². The van der Waals surface area contributed by atoms with E-state index in [0.29, 0.717) is 28.9 Å². The number of benzene rings is 1. The Morgan fingerprint density at radius 2 is 2.24 bits per heavy atom. The van der Waals surface area contributed by atoms with Crippen LogP contribution in [-0.4, -0.2) is 12.5 Å². The van der Waals surface area contributed by atoms with Crippen molar-refractivity contribution >= 4 is 21.6 Å². The molecule has 17 heavy (non-hydrogen) atoms. The Bertz CT molecular complexity index is 411. The van der Waals surface area contributed by atoms with Crippen molar-refractivity contribution in [2.75, 3.05) is 12.3 Å². The average molecular weight is 306 g/mol. The van der Waals surface area contributed by atoms with Crippen LogP contribution in [0.25, 0.3) is 0 Å². The summed E-state index contributed by atoms with van der Waals surface area (Å²) in [4.78, 5) is 0. The number of nitrogen functional groups attached to an aromatic ring is 1. The number of hydrogen-bond acceptors (Lipinski definition) is 2. The van der Waals surface area contributed by atoms with E-state index in [2.05, 4.69) is 15.9 Å². The van der Waals surface area contributed by atoms with Crippen LogP contribution in [-0.2, 0) is 0 Å². The van der Waals surface area contributed by atoms with Gasteiger partial charge in [0.2, 0.25) is 5.92 Å². The monoisotopic (exact) mass is 305 g/mol. The van der Waals surface area contributed by atoms with Gasteiger partial charge in [0, 0.05) is 18.5 Å². The summed E-state index contributed by atoms with van der Waals surface area (Å²) in [6.07, 6.45) is 0.416.